The molecule has 0 radical (unpaired) electrons. The third-order valence-corrected chi connectivity index (χ3v) is 2.99. The van der Waals surface area contributed by atoms with Crippen LogP contribution in [0.2, 0.25) is 0 Å². The summed E-state index contributed by atoms with van der Waals surface area (Å²) in [4.78, 5) is 22.9. The first-order valence-electron chi connectivity index (χ1n) is 6.20. The van der Waals surface area contributed by atoms with Gasteiger partial charge in [-0.3, -0.25) is 9.59 Å². The molecule has 0 aliphatic heterocycles. The predicted octanol–water partition coefficient (Wildman–Crippen LogP) is 2.40. The highest BCUT2D eigenvalue weighted by molar-refractivity contribution is 5.57. The maximum absolute atomic E-state index is 11.5. The van der Waals surface area contributed by atoms with Gasteiger partial charge in [0, 0.05) is 12.1 Å². The molecule has 1 aromatic carbocycles. The normalized spacial score (nSPS) is 12.9. The van der Waals surface area contributed by atoms with Crippen molar-refractivity contribution in [3.05, 3.63) is 26.0 Å². The summed E-state index contributed by atoms with van der Waals surface area (Å²) in [5.74, 6) is 0.208. The largest absolute Gasteiger partial charge is 0.381 e. The zero-order valence-electron chi connectivity index (χ0n) is 10.4. The SMILES string of the molecule is CCCCNc1c(C(C)CCC)c(=O)c1=O. The van der Waals surface area contributed by atoms with E-state index in [1.54, 1.807) is 0 Å². The Kier molecular flexibility index (Phi) is 4.71. The summed E-state index contributed by atoms with van der Waals surface area (Å²) in [6, 6.07) is 0. The van der Waals surface area contributed by atoms with Crippen molar-refractivity contribution >= 4 is 5.69 Å². The van der Waals surface area contributed by atoms with Gasteiger partial charge in [0.2, 0.25) is 10.9 Å². The molecule has 0 saturated carbocycles. The zero-order valence-corrected chi connectivity index (χ0v) is 10.4. The van der Waals surface area contributed by atoms with Crippen molar-refractivity contribution in [2.45, 2.75) is 52.4 Å². The van der Waals surface area contributed by atoms with E-state index in [9.17, 15) is 9.59 Å². The average molecular weight is 223 g/mol. The Labute approximate surface area is 96.6 Å². The van der Waals surface area contributed by atoms with Crippen LogP contribution in [0.3, 0.4) is 0 Å². The first-order valence-corrected chi connectivity index (χ1v) is 6.20. The van der Waals surface area contributed by atoms with E-state index in [0.717, 1.165) is 37.8 Å². The van der Waals surface area contributed by atoms with Crippen LogP contribution in [0, 0.1) is 0 Å². The van der Waals surface area contributed by atoms with E-state index in [2.05, 4.69) is 19.2 Å². The molecule has 16 heavy (non-hydrogen) atoms. The van der Waals surface area contributed by atoms with E-state index in [-0.39, 0.29) is 16.8 Å². The molecule has 1 N–H and O–H groups in total. The Hall–Kier alpha value is -1.12. The van der Waals surface area contributed by atoms with Crippen LogP contribution in [-0.2, 0) is 0 Å². The fraction of sp³-hybridized carbons (Fsp3) is 0.692. The van der Waals surface area contributed by atoms with Crippen LogP contribution in [0.4, 0.5) is 5.69 Å². The second-order valence-electron chi connectivity index (χ2n) is 4.42. The van der Waals surface area contributed by atoms with Crippen LogP contribution >= 0.6 is 0 Å². The highest BCUT2D eigenvalue weighted by Crippen LogP contribution is 2.23. The van der Waals surface area contributed by atoms with Crippen molar-refractivity contribution < 1.29 is 0 Å². The van der Waals surface area contributed by atoms with Crippen LogP contribution in [0.1, 0.15) is 57.9 Å². The van der Waals surface area contributed by atoms with Crippen LogP contribution in [0.25, 0.3) is 0 Å². The summed E-state index contributed by atoms with van der Waals surface area (Å²) in [6.45, 7) is 6.99. The van der Waals surface area contributed by atoms with E-state index < -0.39 is 0 Å². The van der Waals surface area contributed by atoms with Gasteiger partial charge in [0.15, 0.2) is 0 Å². The lowest BCUT2D eigenvalue weighted by Crippen LogP contribution is -2.39. The number of nitrogens with one attached hydrogen (secondary N) is 1. The topological polar surface area (TPSA) is 46.2 Å². The molecule has 0 amide bonds. The van der Waals surface area contributed by atoms with E-state index in [4.69, 9.17) is 0 Å². The van der Waals surface area contributed by atoms with Crippen molar-refractivity contribution in [2.24, 2.45) is 0 Å². The Morgan fingerprint density at radius 1 is 1.12 bits per heavy atom. The van der Waals surface area contributed by atoms with Gasteiger partial charge in [-0.1, -0.05) is 33.6 Å². The van der Waals surface area contributed by atoms with Gasteiger partial charge in [-0.05, 0) is 18.8 Å². The molecule has 0 aromatic heterocycles. The molecule has 1 rings (SSSR count). The second kappa shape index (κ2) is 5.83. The van der Waals surface area contributed by atoms with Gasteiger partial charge >= 0.3 is 0 Å². The lowest BCUT2D eigenvalue weighted by atomic mass is 9.91. The Morgan fingerprint density at radius 3 is 2.38 bits per heavy atom. The first kappa shape index (κ1) is 12.9. The van der Waals surface area contributed by atoms with E-state index in [1.165, 1.54) is 0 Å². The molecule has 90 valence electrons. The van der Waals surface area contributed by atoms with Gasteiger partial charge in [-0.25, -0.2) is 0 Å². The summed E-state index contributed by atoms with van der Waals surface area (Å²) < 4.78 is 0. The fourth-order valence-electron chi connectivity index (χ4n) is 2.02. The quantitative estimate of drug-likeness (QED) is 0.570. The van der Waals surface area contributed by atoms with Crippen LogP contribution < -0.4 is 16.2 Å². The molecule has 3 nitrogen and oxygen atoms in total. The molecule has 0 aliphatic carbocycles. The summed E-state index contributed by atoms with van der Waals surface area (Å²) >= 11 is 0. The second-order valence-corrected chi connectivity index (χ2v) is 4.42. The monoisotopic (exact) mass is 223 g/mol. The molecule has 0 saturated heterocycles. The van der Waals surface area contributed by atoms with Gasteiger partial charge in [-0.15, -0.1) is 0 Å². The molecule has 1 unspecified atom stereocenters. The molecule has 0 aliphatic rings. The predicted molar refractivity (Wildman–Crippen MR) is 68.1 cm³/mol. The summed E-state index contributed by atoms with van der Waals surface area (Å²) in [6.07, 6.45) is 4.12. The number of unbranched alkanes of at least 4 members (excludes halogenated alkanes) is 1. The van der Waals surface area contributed by atoms with Gasteiger partial charge < -0.3 is 5.32 Å². The first-order chi connectivity index (χ1) is 7.63. The molecule has 0 spiro atoms. The van der Waals surface area contributed by atoms with E-state index in [0.29, 0.717) is 5.69 Å². The van der Waals surface area contributed by atoms with Crippen LogP contribution in [0.5, 0.6) is 0 Å². The van der Waals surface area contributed by atoms with Crippen molar-refractivity contribution in [3.63, 3.8) is 0 Å². The smallest absolute Gasteiger partial charge is 0.249 e. The fourth-order valence-corrected chi connectivity index (χ4v) is 2.02. The van der Waals surface area contributed by atoms with Gasteiger partial charge in [0.25, 0.3) is 0 Å². The highest BCUT2D eigenvalue weighted by atomic mass is 16.2. The highest BCUT2D eigenvalue weighted by Gasteiger charge is 2.24. The van der Waals surface area contributed by atoms with E-state index >= 15 is 0 Å². The number of hydrogen-bond acceptors (Lipinski definition) is 3. The number of rotatable bonds is 7. The van der Waals surface area contributed by atoms with E-state index in [1.807, 2.05) is 6.92 Å². The van der Waals surface area contributed by atoms with Gasteiger partial charge in [0.1, 0.15) is 0 Å². The molecule has 3 heteroatoms. The maximum atomic E-state index is 11.5. The van der Waals surface area contributed by atoms with Crippen molar-refractivity contribution in [1.29, 1.82) is 0 Å². The zero-order chi connectivity index (χ0) is 12.1. The van der Waals surface area contributed by atoms with Crippen molar-refractivity contribution in [3.8, 4) is 0 Å². The van der Waals surface area contributed by atoms with Gasteiger partial charge in [-0.2, -0.15) is 0 Å². The Balaban J connectivity index is 2.73. The molecule has 0 heterocycles. The minimum absolute atomic E-state index is 0.208. The lowest BCUT2D eigenvalue weighted by Gasteiger charge is -2.17. The third kappa shape index (κ3) is 2.52. The summed E-state index contributed by atoms with van der Waals surface area (Å²) in [5.41, 5.74) is 0.705. The summed E-state index contributed by atoms with van der Waals surface area (Å²) in [5, 5.41) is 3.10. The third-order valence-electron chi connectivity index (χ3n) is 2.99. The van der Waals surface area contributed by atoms with Crippen molar-refractivity contribution in [2.75, 3.05) is 11.9 Å². The van der Waals surface area contributed by atoms with Crippen LogP contribution in [0.15, 0.2) is 9.59 Å². The minimum atomic E-state index is -0.325. The number of hydrogen-bond donors (Lipinski definition) is 1. The van der Waals surface area contributed by atoms with Gasteiger partial charge in [0.05, 0.1) is 5.69 Å². The van der Waals surface area contributed by atoms with Crippen molar-refractivity contribution in [1.82, 2.24) is 0 Å². The standard InChI is InChI=1S/C13H21NO2/c1-4-6-8-14-11-10(9(3)7-5-2)12(15)13(11)16/h9,14H,4-8H2,1-3H3. The Bertz CT molecular complexity index is 402. The lowest BCUT2D eigenvalue weighted by molar-refractivity contribution is 0.655. The Morgan fingerprint density at radius 2 is 1.81 bits per heavy atom. The summed E-state index contributed by atoms with van der Waals surface area (Å²) in [7, 11) is 0. The molecule has 0 fully saturated rings. The molecule has 1 atom stereocenters. The maximum Gasteiger partial charge on any atom is 0.249 e. The molecule has 0 bridgehead atoms. The molecule has 1 aromatic rings. The van der Waals surface area contributed by atoms with Crippen LogP contribution in [-0.4, -0.2) is 6.54 Å². The molecular weight excluding hydrogens is 202 g/mol. The minimum Gasteiger partial charge on any atom is -0.381 e. The molecular formula is C13H21NO2. The number of anilines is 1. The average Bonchev–Trinajstić information content (AvgIpc) is 2.27.